The van der Waals surface area contributed by atoms with Crippen molar-refractivity contribution >= 4 is 21.6 Å². The largest absolute Gasteiger partial charge is 0.506 e. The number of likely N-dealkylation sites (N-methyl/N-ethyl adjacent to an activating group) is 2. The Labute approximate surface area is 112 Å². The number of aromatic hydroxyl groups is 1. The molecule has 0 radical (unpaired) electrons. The van der Waals surface area contributed by atoms with Crippen molar-refractivity contribution < 1.29 is 18.3 Å². The molecule has 7 nitrogen and oxygen atoms in total. The number of benzene rings is 1. The molecule has 0 aliphatic heterocycles. The van der Waals surface area contributed by atoms with E-state index in [-0.39, 0.29) is 28.8 Å². The van der Waals surface area contributed by atoms with Gasteiger partial charge in [-0.05, 0) is 18.2 Å². The lowest BCUT2D eigenvalue weighted by atomic mass is 10.3. The first-order valence-electron chi connectivity index (χ1n) is 5.41. The molecule has 0 saturated carbocycles. The van der Waals surface area contributed by atoms with Crippen LogP contribution in [0.25, 0.3) is 0 Å². The van der Waals surface area contributed by atoms with Gasteiger partial charge in [-0.2, -0.15) is 4.31 Å². The summed E-state index contributed by atoms with van der Waals surface area (Å²) in [6, 6.07) is 3.59. The third kappa shape index (κ3) is 3.36. The van der Waals surface area contributed by atoms with Gasteiger partial charge in [0.1, 0.15) is 5.75 Å². The van der Waals surface area contributed by atoms with Crippen LogP contribution in [0.2, 0.25) is 0 Å². The summed E-state index contributed by atoms with van der Waals surface area (Å²) in [4.78, 5) is 12.7. The Kier molecular flexibility index (Phi) is 4.38. The van der Waals surface area contributed by atoms with Gasteiger partial charge in [-0.3, -0.25) is 4.79 Å². The Hall–Kier alpha value is -1.80. The average molecular weight is 287 g/mol. The molecule has 1 aromatic carbocycles. The third-order valence-corrected chi connectivity index (χ3v) is 4.36. The van der Waals surface area contributed by atoms with E-state index < -0.39 is 10.0 Å². The second-order valence-corrected chi connectivity index (χ2v) is 6.31. The fourth-order valence-corrected chi connectivity index (χ4v) is 2.45. The Balaban J connectivity index is 3.03. The second kappa shape index (κ2) is 5.45. The molecule has 3 N–H and O–H groups in total. The highest BCUT2D eigenvalue weighted by Crippen LogP contribution is 2.24. The number of anilines is 1. The monoisotopic (exact) mass is 287 g/mol. The number of nitrogens with zero attached hydrogens (tertiary/aromatic N) is 2. The minimum atomic E-state index is -3.81. The number of hydrogen-bond donors (Lipinski definition) is 2. The number of phenolic OH excluding ortho intramolecular Hbond substituents is 1. The molecule has 1 aromatic rings. The topological polar surface area (TPSA) is 104 Å². The first-order valence-corrected chi connectivity index (χ1v) is 6.85. The average Bonchev–Trinajstić information content (AvgIpc) is 2.32. The minimum absolute atomic E-state index is 0.0339. The van der Waals surface area contributed by atoms with E-state index in [1.165, 1.54) is 24.1 Å². The molecular formula is C11H17N3O4S. The molecule has 0 atom stereocenters. The first-order chi connectivity index (χ1) is 8.66. The molecule has 19 heavy (non-hydrogen) atoms. The molecule has 0 heterocycles. The quantitative estimate of drug-likeness (QED) is 0.583. The molecule has 0 aliphatic carbocycles. The second-order valence-electron chi connectivity index (χ2n) is 4.27. The smallest absolute Gasteiger partial charge is 0.243 e. The zero-order valence-corrected chi connectivity index (χ0v) is 11.8. The molecule has 0 fully saturated rings. The maximum atomic E-state index is 12.2. The van der Waals surface area contributed by atoms with Crippen molar-refractivity contribution in [3.05, 3.63) is 18.2 Å². The summed E-state index contributed by atoms with van der Waals surface area (Å²) < 4.78 is 25.3. The van der Waals surface area contributed by atoms with Crippen molar-refractivity contribution in [3.63, 3.8) is 0 Å². The number of rotatable bonds is 4. The lowest BCUT2D eigenvalue weighted by Crippen LogP contribution is -2.37. The summed E-state index contributed by atoms with van der Waals surface area (Å²) in [5, 5.41) is 9.27. The highest BCUT2D eigenvalue weighted by Gasteiger charge is 2.24. The fourth-order valence-electron chi connectivity index (χ4n) is 1.29. The number of sulfonamides is 1. The Bertz CT molecular complexity index is 584. The number of carbonyl (C=O) groups is 1. The number of amides is 1. The van der Waals surface area contributed by atoms with Gasteiger partial charge in [0.15, 0.2) is 0 Å². The summed E-state index contributed by atoms with van der Waals surface area (Å²) >= 11 is 0. The minimum Gasteiger partial charge on any atom is -0.506 e. The van der Waals surface area contributed by atoms with Gasteiger partial charge in [0, 0.05) is 21.1 Å². The van der Waals surface area contributed by atoms with E-state index in [1.54, 1.807) is 14.1 Å². The maximum Gasteiger partial charge on any atom is 0.243 e. The Morgan fingerprint density at radius 2 is 1.89 bits per heavy atom. The predicted octanol–water partition coefficient (Wildman–Crippen LogP) is -0.317. The number of hydrogen-bond acceptors (Lipinski definition) is 5. The van der Waals surface area contributed by atoms with E-state index in [1.807, 2.05) is 0 Å². The molecule has 106 valence electrons. The molecule has 1 rings (SSSR count). The summed E-state index contributed by atoms with van der Waals surface area (Å²) in [7, 11) is 0.579. The van der Waals surface area contributed by atoms with Gasteiger partial charge in [0.2, 0.25) is 15.9 Å². The van der Waals surface area contributed by atoms with E-state index >= 15 is 0 Å². The number of nitrogen functional groups attached to an aromatic ring is 1. The van der Waals surface area contributed by atoms with E-state index in [0.29, 0.717) is 0 Å². The molecular weight excluding hydrogens is 270 g/mol. The van der Waals surface area contributed by atoms with E-state index in [2.05, 4.69) is 0 Å². The molecule has 0 aliphatic rings. The zero-order chi connectivity index (χ0) is 14.8. The maximum absolute atomic E-state index is 12.2. The summed E-state index contributed by atoms with van der Waals surface area (Å²) in [6.07, 6.45) is 0. The number of nitrogens with two attached hydrogens (primary N) is 1. The van der Waals surface area contributed by atoms with Gasteiger partial charge in [0.25, 0.3) is 0 Å². The van der Waals surface area contributed by atoms with Crippen LogP contribution >= 0.6 is 0 Å². The van der Waals surface area contributed by atoms with Crippen LogP contribution in [-0.2, 0) is 14.8 Å². The summed E-state index contributed by atoms with van der Waals surface area (Å²) in [6.45, 7) is -0.268. The highest BCUT2D eigenvalue weighted by molar-refractivity contribution is 7.89. The van der Waals surface area contributed by atoms with Crippen LogP contribution in [0.1, 0.15) is 0 Å². The van der Waals surface area contributed by atoms with Crippen LogP contribution in [0.4, 0.5) is 5.69 Å². The van der Waals surface area contributed by atoms with Crippen LogP contribution in [0.3, 0.4) is 0 Å². The van der Waals surface area contributed by atoms with Gasteiger partial charge in [-0.25, -0.2) is 8.42 Å². The lowest BCUT2D eigenvalue weighted by Gasteiger charge is -2.19. The van der Waals surface area contributed by atoms with Gasteiger partial charge >= 0.3 is 0 Å². The van der Waals surface area contributed by atoms with Crippen LogP contribution in [-0.4, -0.2) is 56.3 Å². The van der Waals surface area contributed by atoms with Crippen LogP contribution in [0.15, 0.2) is 23.1 Å². The van der Waals surface area contributed by atoms with Crippen LogP contribution in [0.5, 0.6) is 5.75 Å². The van der Waals surface area contributed by atoms with Crippen molar-refractivity contribution in [2.45, 2.75) is 4.90 Å². The zero-order valence-electron chi connectivity index (χ0n) is 11.0. The third-order valence-electron chi connectivity index (χ3n) is 2.56. The molecule has 0 bridgehead atoms. The van der Waals surface area contributed by atoms with Crippen molar-refractivity contribution in [1.29, 1.82) is 0 Å². The summed E-state index contributed by atoms with van der Waals surface area (Å²) in [5.41, 5.74) is 5.42. The van der Waals surface area contributed by atoms with Gasteiger partial charge in [-0.1, -0.05) is 0 Å². The Morgan fingerprint density at radius 3 is 2.37 bits per heavy atom. The molecule has 8 heteroatoms. The molecule has 0 saturated heterocycles. The normalized spacial score (nSPS) is 11.6. The summed E-state index contributed by atoms with van der Waals surface area (Å²) in [5.74, 6) is -0.524. The standard InChI is InChI=1S/C11H17N3O4S/c1-13(2)11(16)7-14(3)19(17,18)8-4-5-10(15)9(12)6-8/h4-6,15H,7,12H2,1-3H3. The molecule has 0 unspecified atom stereocenters. The molecule has 0 spiro atoms. The number of carbonyl (C=O) groups excluding carboxylic acids is 1. The van der Waals surface area contributed by atoms with Gasteiger partial charge in [-0.15, -0.1) is 0 Å². The predicted molar refractivity (Wildman–Crippen MR) is 71.0 cm³/mol. The van der Waals surface area contributed by atoms with Crippen LogP contribution < -0.4 is 5.73 Å². The SMILES string of the molecule is CN(C)C(=O)CN(C)S(=O)(=O)c1ccc(O)c(N)c1. The van der Waals surface area contributed by atoms with E-state index in [0.717, 1.165) is 10.4 Å². The van der Waals surface area contributed by atoms with Crippen molar-refractivity contribution in [3.8, 4) is 5.75 Å². The van der Waals surface area contributed by atoms with Crippen molar-refractivity contribution in [2.24, 2.45) is 0 Å². The van der Waals surface area contributed by atoms with Gasteiger partial charge in [0.05, 0.1) is 17.1 Å². The van der Waals surface area contributed by atoms with E-state index in [4.69, 9.17) is 5.73 Å². The molecule has 1 amide bonds. The fraction of sp³-hybridized carbons (Fsp3) is 0.364. The first kappa shape index (κ1) is 15.3. The number of phenols is 1. The van der Waals surface area contributed by atoms with E-state index in [9.17, 15) is 18.3 Å². The van der Waals surface area contributed by atoms with Crippen LogP contribution in [0, 0.1) is 0 Å². The van der Waals surface area contributed by atoms with Gasteiger partial charge < -0.3 is 15.7 Å². The highest BCUT2D eigenvalue weighted by atomic mass is 32.2. The van der Waals surface area contributed by atoms with Crippen molar-refractivity contribution in [1.82, 2.24) is 9.21 Å². The lowest BCUT2D eigenvalue weighted by molar-refractivity contribution is -0.128. The Morgan fingerprint density at radius 1 is 1.32 bits per heavy atom. The molecule has 0 aromatic heterocycles. The van der Waals surface area contributed by atoms with Crippen molar-refractivity contribution in [2.75, 3.05) is 33.4 Å².